The van der Waals surface area contributed by atoms with Gasteiger partial charge in [-0.05, 0) is 34.2 Å². The van der Waals surface area contributed by atoms with Gasteiger partial charge in [-0.25, -0.2) is 8.78 Å². The van der Waals surface area contributed by atoms with E-state index in [1.54, 1.807) is 0 Å². The molecule has 0 N–H and O–H groups in total. The highest BCUT2D eigenvalue weighted by atomic mass is 127. The Morgan fingerprint density at radius 3 is 2.87 bits per heavy atom. The van der Waals surface area contributed by atoms with E-state index in [-0.39, 0.29) is 17.7 Å². The second kappa shape index (κ2) is 5.34. The van der Waals surface area contributed by atoms with Crippen LogP contribution < -0.4 is 0 Å². The average molecular weight is 327 g/mol. The van der Waals surface area contributed by atoms with Crippen LogP contribution in [0.25, 0.3) is 0 Å². The molecule has 6 heteroatoms. The molecule has 3 nitrogen and oxygen atoms in total. The molecule has 0 amide bonds. The fraction of sp³-hybridized carbons (Fsp3) is 0.333. The molecule has 0 saturated heterocycles. The Morgan fingerprint density at radius 2 is 2.33 bits per heavy atom. The maximum absolute atomic E-state index is 12.5. The lowest BCUT2D eigenvalue weighted by atomic mass is 10.1. The highest BCUT2D eigenvalue weighted by molar-refractivity contribution is 14.1. The van der Waals surface area contributed by atoms with E-state index < -0.39 is 12.4 Å². The summed E-state index contributed by atoms with van der Waals surface area (Å²) in [5, 5.41) is 0. The van der Waals surface area contributed by atoms with Crippen LogP contribution in [0, 0.1) is 3.57 Å². The number of ether oxygens (including phenoxy) is 1. The van der Waals surface area contributed by atoms with Crippen molar-refractivity contribution in [2.24, 2.45) is 0 Å². The molecule has 0 radical (unpaired) electrons. The Bertz CT molecular complexity index is 371. The van der Waals surface area contributed by atoms with Crippen molar-refractivity contribution in [2.75, 3.05) is 7.11 Å². The zero-order chi connectivity index (χ0) is 11.4. The van der Waals surface area contributed by atoms with Crippen LogP contribution in [0.1, 0.15) is 17.7 Å². The number of methoxy groups -OCH3 is 1. The Morgan fingerprint density at radius 1 is 1.67 bits per heavy atom. The normalized spacial score (nSPS) is 10.5. The van der Waals surface area contributed by atoms with Gasteiger partial charge in [0, 0.05) is 9.77 Å². The first-order valence-corrected chi connectivity index (χ1v) is 5.11. The van der Waals surface area contributed by atoms with Crippen molar-refractivity contribution in [3.8, 4) is 0 Å². The Labute approximate surface area is 99.0 Å². The van der Waals surface area contributed by atoms with E-state index in [1.807, 2.05) is 22.6 Å². The number of esters is 1. The molecule has 0 aliphatic heterocycles. The third-order valence-corrected chi connectivity index (χ3v) is 2.33. The van der Waals surface area contributed by atoms with Crippen molar-refractivity contribution in [3.63, 3.8) is 0 Å². The Kier molecular flexibility index (Phi) is 4.37. The summed E-state index contributed by atoms with van der Waals surface area (Å²) in [5.41, 5.74) is -0.149. The number of hydrogen-bond acceptors (Lipinski definition) is 3. The van der Waals surface area contributed by atoms with Gasteiger partial charge in [0.2, 0.25) is 0 Å². The third-order valence-electron chi connectivity index (χ3n) is 1.74. The van der Waals surface area contributed by atoms with Crippen molar-refractivity contribution >= 4 is 28.6 Å². The highest BCUT2D eigenvalue weighted by Gasteiger charge is 2.17. The van der Waals surface area contributed by atoms with E-state index in [2.05, 4.69) is 9.72 Å². The van der Waals surface area contributed by atoms with Gasteiger partial charge < -0.3 is 4.74 Å². The number of rotatable bonds is 3. The monoisotopic (exact) mass is 327 g/mol. The molecule has 0 aromatic carbocycles. The van der Waals surface area contributed by atoms with Crippen LogP contribution in [0.5, 0.6) is 0 Å². The van der Waals surface area contributed by atoms with E-state index in [9.17, 15) is 13.6 Å². The van der Waals surface area contributed by atoms with Crippen LogP contribution in [-0.2, 0) is 16.0 Å². The topological polar surface area (TPSA) is 39.2 Å². The number of halogens is 3. The minimum Gasteiger partial charge on any atom is -0.469 e. The summed E-state index contributed by atoms with van der Waals surface area (Å²) >= 11 is 1.94. The molecule has 15 heavy (non-hydrogen) atoms. The molecule has 1 aromatic rings. The molecule has 1 heterocycles. The van der Waals surface area contributed by atoms with Crippen molar-refractivity contribution < 1.29 is 18.3 Å². The zero-order valence-corrected chi connectivity index (χ0v) is 9.99. The number of aromatic nitrogens is 1. The van der Waals surface area contributed by atoms with E-state index in [1.165, 1.54) is 19.4 Å². The van der Waals surface area contributed by atoms with Gasteiger partial charge in [-0.2, -0.15) is 0 Å². The quantitative estimate of drug-likeness (QED) is 0.632. The lowest BCUT2D eigenvalue weighted by Crippen LogP contribution is -2.08. The second-order valence-corrected chi connectivity index (χ2v) is 4.00. The minimum atomic E-state index is -2.68. The van der Waals surface area contributed by atoms with Crippen molar-refractivity contribution in [2.45, 2.75) is 12.8 Å². The van der Waals surface area contributed by atoms with Crippen molar-refractivity contribution in [3.05, 3.63) is 27.1 Å². The van der Waals surface area contributed by atoms with Gasteiger partial charge in [-0.3, -0.25) is 9.78 Å². The van der Waals surface area contributed by atoms with Crippen LogP contribution in [0.15, 0.2) is 12.3 Å². The molecular formula is C9H8F2INO2. The Balaban J connectivity index is 3.02. The maximum Gasteiger partial charge on any atom is 0.310 e. The van der Waals surface area contributed by atoms with Gasteiger partial charge in [-0.15, -0.1) is 0 Å². The predicted octanol–water partition coefficient (Wildman–Crippen LogP) is 2.34. The molecule has 0 aliphatic rings. The molecule has 0 atom stereocenters. The number of carbonyl (C=O) groups is 1. The first kappa shape index (κ1) is 12.3. The predicted molar refractivity (Wildman–Crippen MR) is 57.6 cm³/mol. The highest BCUT2D eigenvalue weighted by Crippen LogP contribution is 2.22. The summed E-state index contributed by atoms with van der Waals surface area (Å²) in [6, 6.07) is 1.51. The van der Waals surface area contributed by atoms with Crippen LogP contribution in [0.4, 0.5) is 8.78 Å². The number of alkyl halides is 2. The molecular weight excluding hydrogens is 319 g/mol. The standard InChI is InChI=1S/C9H8F2INO2/c1-15-7(14)3-5-2-6(12)4-13-8(5)9(10)11/h2,4,9H,3H2,1H3. The van der Waals surface area contributed by atoms with Crippen LogP contribution in [0.2, 0.25) is 0 Å². The first-order valence-electron chi connectivity index (χ1n) is 4.04. The summed E-state index contributed by atoms with van der Waals surface area (Å²) in [4.78, 5) is 14.6. The van der Waals surface area contributed by atoms with Gasteiger partial charge in [0.1, 0.15) is 5.69 Å². The fourth-order valence-corrected chi connectivity index (χ4v) is 1.57. The van der Waals surface area contributed by atoms with Crippen LogP contribution >= 0.6 is 22.6 Å². The van der Waals surface area contributed by atoms with Crippen LogP contribution in [-0.4, -0.2) is 18.1 Å². The first-order chi connectivity index (χ1) is 7.04. The van der Waals surface area contributed by atoms with Crippen LogP contribution in [0.3, 0.4) is 0 Å². The molecule has 1 rings (SSSR count). The Hall–Kier alpha value is -0.790. The third kappa shape index (κ3) is 3.37. The van der Waals surface area contributed by atoms with Gasteiger partial charge in [0.15, 0.2) is 0 Å². The fourth-order valence-electron chi connectivity index (χ4n) is 1.06. The van der Waals surface area contributed by atoms with E-state index >= 15 is 0 Å². The number of carbonyl (C=O) groups excluding carboxylic acids is 1. The smallest absolute Gasteiger partial charge is 0.310 e. The van der Waals surface area contributed by atoms with E-state index in [0.717, 1.165) is 0 Å². The number of pyridine rings is 1. The molecule has 0 unspecified atom stereocenters. The number of hydrogen-bond donors (Lipinski definition) is 0. The molecule has 0 bridgehead atoms. The molecule has 82 valence electrons. The second-order valence-electron chi connectivity index (χ2n) is 2.75. The van der Waals surface area contributed by atoms with Gasteiger partial charge in [-0.1, -0.05) is 0 Å². The molecule has 0 aliphatic carbocycles. The summed E-state index contributed by atoms with van der Waals surface area (Å²) in [5.74, 6) is -0.555. The summed E-state index contributed by atoms with van der Waals surface area (Å²) in [6.07, 6.45) is -1.52. The SMILES string of the molecule is COC(=O)Cc1cc(I)cnc1C(F)F. The van der Waals surface area contributed by atoms with Crippen molar-refractivity contribution in [1.82, 2.24) is 4.98 Å². The van der Waals surface area contributed by atoms with E-state index in [0.29, 0.717) is 3.57 Å². The number of nitrogens with zero attached hydrogens (tertiary/aromatic N) is 1. The maximum atomic E-state index is 12.5. The lowest BCUT2D eigenvalue weighted by Gasteiger charge is -2.07. The summed E-state index contributed by atoms with van der Waals surface area (Å²) < 4.78 is 30.1. The summed E-state index contributed by atoms with van der Waals surface area (Å²) in [6.45, 7) is 0. The van der Waals surface area contributed by atoms with Gasteiger partial charge in [0.05, 0.1) is 13.5 Å². The molecule has 1 aromatic heterocycles. The molecule has 0 spiro atoms. The summed E-state index contributed by atoms with van der Waals surface area (Å²) in [7, 11) is 1.21. The van der Waals surface area contributed by atoms with Crippen molar-refractivity contribution in [1.29, 1.82) is 0 Å². The van der Waals surface area contributed by atoms with E-state index in [4.69, 9.17) is 0 Å². The zero-order valence-electron chi connectivity index (χ0n) is 7.84. The minimum absolute atomic E-state index is 0.181. The average Bonchev–Trinajstić information content (AvgIpc) is 2.17. The largest absolute Gasteiger partial charge is 0.469 e. The molecule has 0 fully saturated rings. The lowest BCUT2D eigenvalue weighted by molar-refractivity contribution is -0.139. The molecule has 0 saturated carbocycles. The van der Waals surface area contributed by atoms with Gasteiger partial charge in [0.25, 0.3) is 6.43 Å². The van der Waals surface area contributed by atoms with Gasteiger partial charge >= 0.3 is 5.97 Å².